The molecule has 0 saturated heterocycles. The van der Waals surface area contributed by atoms with Crippen molar-refractivity contribution in [2.24, 2.45) is 5.92 Å². The smallest absolute Gasteiger partial charge is 0.307 e. The van der Waals surface area contributed by atoms with Crippen LogP contribution in [0.5, 0.6) is 0 Å². The number of amides is 1. The molecule has 1 heterocycles. The fourth-order valence-corrected chi connectivity index (χ4v) is 4.57. The molecule has 134 valence electrons. The number of sulfone groups is 1. The SMILES string of the molecule is C[C@@H](OC(=O)C[C@@H]1C=CS(=O)(=O)C1)C(=O)Nc1ccc2c(c1)CCC2. The maximum absolute atomic E-state index is 12.2. The maximum atomic E-state index is 12.2. The number of fused-ring (bicyclic) bond motifs is 1. The van der Waals surface area contributed by atoms with Crippen molar-refractivity contribution in [2.45, 2.75) is 38.7 Å². The van der Waals surface area contributed by atoms with E-state index >= 15 is 0 Å². The van der Waals surface area contributed by atoms with Crippen molar-refractivity contribution in [3.8, 4) is 0 Å². The largest absolute Gasteiger partial charge is 0.453 e. The van der Waals surface area contributed by atoms with E-state index in [1.807, 2.05) is 18.2 Å². The van der Waals surface area contributed by atoms with Gasteiger partial charge in [-0.25, -0.2) is 8.42 Å². The minimum atomic E-state index is -3.20. The number of carbonyl (C=O) groups is 2. The van der Waals surface area contributed by atoms with E-state index in [2.05, 4.69) is 5.32 Å². The zero-order chi connectivity index (χ0) is 18.0. The van der Waals surface area contributed by atoms with E-state index < -0.39 is 27.8 Å². The number of rotatable bonds is 5. The molecular weight excluding hydrogens is 342 g/mol. The first kappa shape index (κ1) is 17.7. The molecular formula is C18H21NO5S. The molecule has 3 rings (SSSR count). The zero-order valence-corrected chi connectivity index (χ0v) is 14.8. The van der Waals surface area contributed by atoms with Crippen LogP contribution < -0.4 is 5.32 Å². The summed E-state index contributed by atoms with van der Waals surface area (Å²) < 4.78 is 27.8. The molecule has 1 N–H and O–H groups in total. The van der Waals surface area contributed by atoms with Crippen LogP contribution in [0, 0.1) is 5.92 Å². The third kappa shape index (κ3) is 4.48. The zero-order valence-electron chi connectivity index (χ0n) is 14.0. The molecule has 1 aromatic rings. The van der Waals surface area contributed by atoms with Gasteiger partial charge in [0.05, 0.1) is 12.2 Å². The van der Waals surface area contributed by atoms with Gasteiger partial charge in [0, 0.05) is 17.0 Å². The van der Waals surface area contributed by atoms with Crippen LogP contribution in [-0.4, -0.2) is 32.2 Å². The Morgan fingerprint density at radius 3 is 2.76 bits per heavy atom. The Morgan fingerprint density at radius 2 is 2.04 bits per heavy atom. The number of ether oxygens (including phenoxy) is 1. The second kappa shape index (κ2) is 7.00. The van der Waals surface area contributed by atoms with E-state index in [1.165, 1.54) is 24.1 Å². The van der Waals surface area contributed by atoms with Crippen molar-refractivity contribution in [3.05, 3.63) is 40.8 Å². The van der Waals surface area contributed by atoms with Gasteiger partial charge in [-0.3, -0.25) is 9.59 Å². The highest BCUT2D eigenvalue weighted by molar-refractivity contribution is 7.94. The van der Waals surface area contributed by atoms with Crippen LogP contribution in [0.1, 0.15) is 30.9 Å². The normalized spacial score (nSPS) is 21.6. The first-order valence-corrected chi connectivity index (χ1v) is 10.1. The predicted octanol–water partition coefficient (Wildman–Crippen LogP) is 1.99. The van der Waals surface area contributed by atoms with Gasteiger partial charge in [0.1, 0.15) is 0 Å². The molecule has 0 saturated carbocycles. The van der Waals surface area contributed by atoms with Gasteiger partial charge in [0.25, 0.3) is 5.91 Å². The molecule has 7 heteroatoms. The summed E-state index contributed by atoms with van der Waals surface area (Å²) in [4.78, 5) is 24.1. The molecule has 0 unspecified atom stereocenters. The van der Waals surface area contributed by atoms with E-state index in [1.54, 1.807) is 0 Å². The average Bonchev–Trinajstić information content (AvgIpc) is 3.12. The third-order valence-electron chi connectivity index (χ3n) is 4.48. The minimum Gasteiger partial charge on any atom is -0.453 e. The van der Waals surface area contributed by atoms with Crippen molar-refractivity contribution < 1.29 is 22.7 Å². The van der Waals surface area contributed by atoms with E-state index in [0.717, 1.165) is 24.7 Å². The van der Waals surface area contributed by atoms with Gasteiger partial charge in [0.2, 0.25) is 0 Å². The minimum absolute atomic E-state index is 0.0494. The number of anilines is 1. The number of benzene rings is 1. The van der Waals surface area contributed by atoms with Crippen molar-refractivity contribution in [2.75, 3.05) is 11.1 Å². The van der Waals surface area contributed by atoms with E-state index in [0.29, 0.717) is 5.69 Å². The van der Waals surface area contributed by atoms with Gasteiger partial charge < -0.3 is 10.1 Å². The quantitative estimate of drug-likeness (QED) is 0.808. The molecule has 0 aromatic heterocycles. The van der Waals surface area contributed by atoms with Crippen LogP contribution in [-0.2, 0) is 37.0 Å². The number of esters is 1. The number of carbonyl (C=O) groups excluding carboxylic acids is 2. The number of hydrogen-bond acceptors (Lipinski definition) is 5. The predicted molar refractivity (Wildman–Crippen MR) is 93.7 cm³/mol. The summed E-state index contributed by atoms with van der Waals surface area (Å²) in [5.74, 6) is -1.45. The van der Waals surface area contributed by atoms with Crippen LogP contribution in [0.4, 0.5) is 5.69 Å². The van der Waals surface area contributed by atoms with Crippen LogP contribution in [0.3, 0.4) is 0 Å². The van der Waals surface area contributed by atoms with Gasteiger partial charge >= 0.3 is 5.97 Å². The lowest BCUT2D eigenvalue weighted by atomic mass is 10.1. The van der Waals surface area contributed by atoms with Crippen LogP contribution >= 0.6 is 0 Å². The van der Waals surface area contributed by atoms with Crippen LogP contribution in [0.15, 0.2) is 29.7 Å². The van der Waals surface area contributed by atoms with Crippen molar-refractivity contribution in [1.82, 2.24) is 0 Å². The summed E-state index contributed by atoms with van der Waals surface area (Å²) in [6.07, 6.45) is 3.72. The average molecular weight is 363 g/mol. The van der Waals surface area contributed by atoms with Gasteiger partial charge in [-0.1, -0.05) is 12.1 Å². The van der Waals surface area contributed by atoms with Gasteiger partial charge in [-0.15, -0.1) is 0 Å². The Bertz CT molecular complexity index is 828. The van der Waals surface area contributed by atoms with Gasteiger partial charge in [-0.05, 0) is 49.4 Å². The first-order valence-electron chi connectivity index (χ1n) is 8.35. The van der Waals surface area contributed by atoms with Crippen molar-refractivity contribution in [1.29, 1.82) is 0 Å². The fourth-order valence-electron chi connectivity index (χ4n) is 3.17. The van der Waals surface area contributed by atoms with Crippen molar-refractivity contribution in [3.63, 3.8) is 0 Å². The second-order valence-corrected chi connectivity index (χ2v) is 8.51. The maximum Gasteiger partial charge on any atom is 0.307 e. The van der Waals surface area contributed by atoms with Gasteiger partial charge in [0.15, 0.2) is 15.9 Å². The highest BCUT2D eigenvalue weighted by atomic mass is 32.2. The first-order chi connectivity index (χ1) is 11.8. The highest BCUT2D eigenvalue weighted by Crippen LogP contribution is 2.25. The summed E-state index contributed by atoms with van der Waals surface area (Å²) in [7, 11) is -3.20. The van der Waals surface area contributed by atoms with Crippen molar-refractivity contribution >= 4 is 27.4 Å². The Balaban J connectivity index is 1.50. The molecule has 1 aliphatic carbocycles. The molecule has 0 fully saturated rings. The molecule has 0 bridgehead atoms. The lowest BCUT2D eigenvalue weighted by molar-refractivity contribution is -0.153. The summed E-state index contributed by atoms with van der Waals surface area (Å²) in [6.45, 7) is 1.50. The van der Waals surface area contributed by atoms with E-state index in [4.69, 9.17) is 4.74 Å². The van der Waals surface area contributed by atoms with E-state index in [-0.39, 0.29) is 18.1 Å². The Kier molecular flexibility index (Phi) is 4.94. The molecule has 0 radical (unpaired) electrons. The Morgan fingerprint density at radius 1 is 1.28 bits per heavy atom. The lowest BCUT2D eigenvalue weighted by Gasteiger charge is -2.15. The molecule has 1 aromatic carbocycles. The number of allylic oxidation sites excluding steroid dienone is 1. The summed E-state index contributed by atoms with van der Waals surface area (Å²) in [5, 5.41) is 3.88. The molecule has 2 atom stereocenters. The van der Waals surface area contributed by atoms with Crippen LogP contribution in [0.25, 0.3) is 0 Å². The Hall–Kier alpha value is -2.15. The Labute approximate surface area is 147 Å². The monoisotopic (exact) mass is 363 g/mol. The highest BCUT2D eigenvalue weighted by Gasteiger charge is 2.26. The second-order valence-electron chi connectivity index (χ2n) is 6.58. The summed E-state index contributed by atoms with van der Waals surface area (Å²) in [6, 6.07) is 5.83. The molecule has 25 heavy (non-hydrogen) atoms. The molecule has 1 amide bonds. The molecule has 2 aliphatic rings. The van der Waals surface area contributed by atoms with E-state index in [9.17, 15) is 18.0 Å². The van der Waals surface area contributed by atoms with Crippen LogP contribution in [0.2, 0.25) is 0 Å². The lowest BCUT2D eigenvalue weighted by Crippen LogP contribution is -2.30. The number of hydrogen-bond donors (Lipinski definition) is 1. The summed E-state index contributed by atoms with van der Waals surface area (Å²) >= 11 is 0. The molecule has 0 spiro atoms. The summed E-state index contributed by atoms with van der Waals surface area (Å²) in [5.41, 5.74) is 3.26. The standard InChI is InChI=1S/C18H21NO5S/c1-12(24-17(20)9-13-7-8-25(22,23)11-13)18(21)19-16-6-5-14-3-2-4-15(14)10-16/h5-8,10,12-13H,2-4,9,11H2,1H3,(H,19,21)/t12-,13+/m1/s1. The molecule has 1 aliphatic heterocycles. The fraction of sp³-hybridized carbons (Fsp3) is 0.444. The topological polar surface area (TPSA) is 89.5 Å². The number of aryl methyl sites for hydroxylation is 2. The number of nitrogens with one attached hydrogen (secondary N) is 1. The third-order valence-corrected chi connectivity index (χ3v) is 5.94. The molecule has 6 nitrogen and oxygen atoms in total. The van der Waals surface area contributed by atoms with Gasteiger partial charge in [-0.2, -0.15) is 0 Å².